The maximum absolute atomic E-state index is 5.90. The number of H-pyrrole nitrogens is 1. The smallest absolute Gasteiger partial charge is 0.144 e. The number of aromatic nitrogens is 2. The van der Waals surface area contributed by atoms with Crippen LogP contribution in [0.5, 0.6) is 0 Å². The van der Waals surface area contributed by atoms with Crippen LogP contribution in [0.1, 0.15) is 66.1 Å². The molecule has 0 radical (unpaired) electrons. The molecule has 0 aromatic carbocycles. The third-order valence-corrected chi connectivity index (χ3v) is 4.33. The number of hydrogen-bond acceptors (Lipinski definition) is 3. The Morgan fingerprint density at radius 1 is 1.25 bits per heavy atom. The Balaban J connectivity index is 3.46. The Morgan fingerprint density at radius 3 is 2.20 bits per heavy atom. The van der Waals surface area contributed by atoms with E-state index in [1.807, 2.05) is 6.92 Å². The summed E-state index contributed by atoms with van der Waals surface area (Å²) in [5, 5.41) is 0. The summed E-state index contributed by atoms with van der Waals surface area (Å²) < 4.78 is 7.35. The van der Waals surface area contributed by atoms with Gasteiger partial charge in [0.1, 0.15) is 16.6 Å². The second kappa shape index (κ2) is 6.24. The first-order valence-electron chi connectivity index (χ1n) is 6.90. The standard InChI is InChI=1S/C15H25BrN2OS/c1-8-19-11(15(5,6)7)12-17-10(14(2,3)4)9(16)13(20)18-12/h11H,8H2,1-7H3,(H,17,18,20). The third-order valence-electron chi connectivity index (χ3n) is 3.00. The van der Waals surface area contributed by atoms with Crippen LogP contribution in [0, 0.1) is 10.1 Å². The second-order valence-electron chi connectivity index (χ2n) is 7.07. The van der Waals surface area contributed by atoms with Crippen LogP contribution >= 0.6 is 28.1 Å². The lowest BCUT2D eigenvalue weighted by Crippen LogP contribution is -2.26. The molecular weight excluding hydrogens is 336 g/mol. The molecule has 0 amide bonds. The number of ether oxygens (including phenoxy) is 1. The predicted molar refractivity (Wildman–Crippen MR) is 89.6 cm³/mol. The van der Waals surface area contributed by atoms with Crippen LogP contribution in [0.4, 0.5) is 0 Å². The summed E-state index contributed by atoms with van der Waals surface area (Å²) >= 11 is 8.94. The lowest BCUT2D eigenvalue weighted by atomic mass is 9.87. The van der Waals surface area contributed by atoms with E-state index in [1.54, 1.807) is 0 Å². The van der Waals surface area contributed by atoms with Crippen molar-refractivity contribution in [2.45, 2.75) is 60.0 Å². The summed E-state index contributed by atoms with van der Waals surface area (Å²) in [6, 6.07) is 0. The minimum absolute atomic E-state index is 0.0429. The first-order chi connectivity index (χ1) is 8.98. The highest BCUT2D eigenvalue weighted by Gasteiger charge is 2.30. The van der Waals surface area contributed by atoms with Gasteiger partial charge in [0.2, 0.25) is 0 Å². The number of aromatic amines is 1. The lowest BCUT2D eigenvalue weighted by molar-refractivity contribution is -0.0194. The van der Waals surface area contributed by atoms with Crippen LogP contribution in [0.2, 0.25) is 0 Å². The maximum Gasteiger partial charge on any atom is 0.144 e. The highest BCUT2D eigenvalue weighted by Crippen LogP contribution is 2.36. The van der Waals surface area contributed by atoms with E-state index in [0.717, 1.165) is 16.0 Å². The van der Waals surface area contributed by atoms with Crippen LogP contribution < -0.4 is 0 Å². The van der Waals surface area contributed by atoms with Crippen molar-refractivity contribution in [1.82, 2.24) is 9.97 Å². The zero-order valence-corrected chi connectivity index (χ0v) is 15.8. The zero-order valence-electron chi connectivity index (χ0n) is 13.4. The fourth-order valence-corrected chi connectivity index (χ4v) is 3.01. The molecule has 1 heterocycles. The summed E-state index contributed by atoms with van der Waals surface area (Å²) in [4.78, 5) is 7.95. The molecule has 0 fully saturated rings. The summed E-state index contributed by atoms with van der Waals surface area (Å²) in [5.41, 5.74) is 0.963. The molecule has 0 saturated carbocycles. The van der Waals surface area contributed by atoms with Crippen molar-refractivity contribution >= 4 is 28.1 Å². The first-order valence-corrected chi connectivity index (χ1v) is 8.10. The summed E-state index contributed by atoms with van der Waals surface area (Å²) in [6.45, 7) is 15.5. The van der Waals surface area contributed by atoms with E-state index in [9.17, 15) is 0 Å². The molecule has 1 atom stereocenters. The minimum Gasteiger partial charge on any atom is -0.370 e. The molecule has 0 aliphatic carbocycles. The predicted octanol–water partition coefficient (Wildman–Crippen LogP) is 5.32. The summed E-state index contributed by atoms with van der Waals surface area (Å²) in [7, 11) is 0. The van der Waals surface area contributed by atoms with E-state index in [-0.39, 0.29) is 16.9 Å². The molecule has 114 valence electrons. The Kier molecular flexibility index (Phi) is 5.55. The van der Waals surface area contributed by atoms with E-state index in [2.05, 4.69) is 67.4 Å². The van der Waals surface area contributed by atoms with E-state index in [0.29, 0.717) is 11.2 Å². The molecule has 0 aliphatic heterocycles. The quantitative estimate of drug-likeness (QED) is 0.740. The van der Waals surface area contributed by atoms with Crippen molar-refractivity contribution in [2.75, 3.05) is 6.61 Å². The van der Waals surface area contributed by atoms with Crippen LogP contribution in [0.25, 0.3) is 0 Å². The number of hydrogen-bond donors (Lipinski definition) is 1. The Hall–Kier alpha value is -0.260. The number of rotatable bonds is 3. The highest BCUT2D eigenvalue weighted by molar-refractivity contribution is 9.10. The van der Waals surface area contributed by atoms with Crippen LogP contribution in [-0.2, 0) is 10.2 Å². The van der Waals surface area contributed by atoms with Gasteiger partial charge in [-0.25, -0.2) is 4.98 Å². The first kappa shape index (κ1) is 17.8. The van der Waals surface area contributed by atoms with Crippen LogP contribution in [0.3, 0.4) is 0 Å². The van der Waals surface area contributed by atoms with Crippen molar-refractivity contribution in [3.8, 4) is 0 Å². The van der Waals surface area contributed by atoms with Gasteiger partial charge in [-0.2, -0.15) is 0 Å². The average Bonchev–Trinajstić information content (AvgIpc) is 2.26. The van der Waals surface area contributed by atoms with E-state index in [4.69, 9.17) is 17.0 Å². The largest absolute Gasteiger partial charge is 0.370 e. The molecule has 1 rings (SSSR count). The van der Waals surface area contributed by atoms with Crippen molar-refractivity contribution in [3.63, 3.8) is 0 Å². The fraction of sp³-hybridized carbons (Fsp3) is 0.733. The van der Waals surface area contributed by atoms with Gasteiger partial charge in [-0.15, -0.1) is 0 Å². The number of nitrogens with one attached hydrogen (secondary N) is 1. The van der Waals surface area contributed by atoms with Gasteiger partial charge in [0.15, 0.2) is 0 Å². The number of halogens is 1. The van der Waals surface area contributed by atoms with Crippen molar-refractivity contribution < 1.29 is 4.74 Å². The molecule has 1 N–H and O–H groups in total. The van der Waals surface area contributed by atoms with Gasteiger partial charge < -0.3 is 9.72 Å². The monoisotopic (exact) mass is 360 g/mol. The minimum atomic E-state index is -0.108. The van der Waals surface area contributed by atoms with Gasteiger partial charge in [0.05, 0.1) is 4.47 Å². The Bertz CT molecular complexity index is 526. The molecular formula is C15H25BrN2OS. The van der Waals surface area contributed by atoms with Crippen LogP contribution in [0.15, 0.2) is 4.47 Å². The zero-order chi connectivity index (χ0) is 15.7. The van der Waals surface area contributed by atoms with Gasteiger partial charge in [-0.1, -0.05) is 53.8 Å². The fourth-order valence-electron chi connectivity index (χ4n) is 2.02. The average molecular weight is 361 g/mol. The van der Waals surface area contributed by atoms with E-state index in [1.165, 1.54) is 0 Å². The van der Waals surface area contributed by atoms with Gasteiger partial charge in [-0.05, 0) is 28.3 Å². The molecule has 1 unspecified atom stereocenters. The molecule has 1 aromatic rings. The summed E-state index contributed by atoms with van der Waals surface area (Å²) in [6.07, 6.45) is -0.108. The van der Waals surface area contributed by atoms with Crippen molar-refractivity contribution in [2.24, 2.45) is 5.41 Å². The second-order valence-corrected chi connectivity index (χ2v) is 8.25. The lowest BCUT2D eigenvalue weighted by Gasteiger charge is -2.31. The van der Waals surface area contributed by atoms with Crippen molar-refractivity contribution in [1.29, 1.82) is 0 Å². The van der Waals surface area contributed by atoms with Gasteiger partial charge in [-0.3, -0.25) is 0 Å². The molecule has 1 aromatic heterocycles. The molecule has 0 spiro atoms. The third kappa shape index (κ3) is 4.12. The molecule has 3 nitrogen and oxygen atoms in total. The SMILES string of the molecule is CCOC(c1nc(=S)c(Br)c(C(C)(C)C)[nH]1)C(C)(C)C. The van der Waals surface area contributed by atoms with Crippen LogP contribution in [-0.4, -0.2) is 16.6 Å². The number of nitrogens with zero attached hydrogens (tertiary/aromatic N) is 1. The van der Waals surface area contributed by atoms with E-state index >= 15 is 0 Å². The molecule has 0 bridgehead atoms. The van der Waals surface area contributed by atoms with Crippen molar-refractivity contribution in [3.05, 3.63) is 20.6 Å². The van der Waals surface area contributed by atoms with E-state index < -0.39 is 0 Å². The molecule has 20 heavy (non-hydrogen) atoms. The van der Waals surface area contributed by atoms with Gasteiger partial charge in [0, 0.05) is 17.7 Å². The molecule has 0 aliphatic rings. The Morgan fingerprint density at radius 2 is 1.80 bits per heavy atom. The van der Waals surface area contributed by atoms with Gasteiger partial charge >= 0.3 is 0 Å². The van der Waals surface area contributed by atoms with Gasteiger partial charge in [0.25, 0.3) is 0 Å². The topological polar surface area (TPSA) is 37.9 Å². The highest BCUT2D eigenvalue weighted by atomic mass is 79.9. The summed E-state index contributed by atoms with van der Waals surface area (Å²) in [5.74, 6) is 0.803. The molecule has 0 saturated heterocycles. The molecule has 5 heteroatoms. The maximum atomic E-state index is 5.90. The normalized spacial score (nSPS) is 14.4. The Labute approximate surface area is 135 Å².